The lowest BCUT2D eigenvalue weighted by atomic mass is 10.00. The second kappa shape index (κ2) is 6.52. The summed E-state index contributed by atoms with van der Waals surface area (Å²) < 4.78 is 0. The van der Waals surface area contributed by atoms with Gasteiger partial charge in [-0.15, -0.1) is 0 Å². The second-order valence-electron chi connectivity index (χ2n) is 5.10. The number of hydrogen-bond donors (Lipinski definition) is 2. The predicted molar refractivity (Wildman–Crippen MR) is 75.5 cm³/mol. The third-order valence-electron chi connectivity index (χ3n) is 3.75. The van der Waals surface area contributed by atoms with Gasteiger partial charge in [-0.1, -0.05) is 18.6 Å². The minimum absolute atomic E-state index is 0.0619. The highest BCUT2D eigenvalue weighted by molar-refractivity contribution is 5.87. The van der Waals surface area contributed by atoms with Gasteiger partial charge >= 0.3 is 5.97 Å². The monoisotopic (exact) mass is 276 g/mol. The minimum Gasteiger partial charge on any atom is -0.478 e. The Bertz CT molecular complexity index is 484. The molecule has 0 spiro atoms. The van der Waals surface area contributed by atoms with E-state index in [4.69, 9.17) is 5.11 Å². The number of aromatic carboxylic acids is 1. The van der Waals surface area contributed by atoms with E-state index in [1.165, 1.54) is 0 Å². The maximum absolute atomic E-state index is 11.9. The van der Waals surface area contributed by atoms with Gasteiger partial charge in [0.1, 0.15) is 0 Å². The molecule has 1 aromatic rings. The number of benzene rings is 1. The molecule has 2 N–H and O–H groups in total. The lowest BCUT2D eigenvalue weighted by Gasteiger charge is -2.34. The zero-order valence-electron chi connectivity index (χ0n) is 11.6. The SMILES string of the molecule is CNC(=O)C1CCCCN1Cc1ccc(C(=O)O)cc1. The van der Waals surface area contributed by atoms with Crippen molar-refractivity contribution in [3.63, 3.8) is 0 Å². The summed E-state index contributed by atoms with van der Waals surface area (Å²) >= 11 is 0. The summed E-state index contributed by atoms with van der Waals surface area (Å²) in [5, 5.41) is 11.6. The van der Waals surface area contributed by atoms with Crippen LogP contribution in [0, 0.1) is 0 Å². The van der Waals surface area contributed by atoms with Crippen LogP contribution in [0.25, 0.3) is 0 Å². The van der Waals surface area contributed by atoms with E-state index in [0.717, 1.165) is 31.4 Å². The fourth-order valence-electron chi connectivity index (χ4n) is 2.63. The molecule has 1 amide bonds. The number of carbonyl (C=O) groups is 2. The summed E-state index contributed by atoms with van der Waals surface area (Å²) in [6.45, 7) is 1.58. The Balaban J connectivity index is 2.06. The Labute approximate surface area is 118 Å². The maximum Gasteiger partial charge on any atom is 0.335 e. The van der Waals surface area contributed by atoms with Crippen molar-refractivity contribution in [1.82, 2.24) is 10.2 Å². The number of rotatable bonds is 4. The minimum atomic E-state index is -0.919. The molecule has 0 saturated carbocycles. The zero-order chi connectivity index (χ0) is 14.5. The van der Waals surface area contributed by atoms with E-state index in [2.05, 4.69) is 10.2 Å². The molecule has 1 aromatic carbocycles. The van der Waals surface area contributed by atoms with Gasteiger partial charge in [0.05, 0.1) is 11.6 Å². The molecule has 1 saturated heterocycles. The highest BCUT2D eigenvalue weighted by atomic mass is 16.4. The number of nitrogens with zero attached hydrogens (tertiary/aromatic N) is 1. The van der Waals surface area contributed by atoms with Gasteiger partial charge in [0, 0.05) is 13.6 Å². The van der Waals surface area contributed by atoms with Crippen molar-refractivity contribution >= 4 is 11.9 Å². The summed E-state index contributed by atoms with van der Waals surface area (Å²) in [6, 6.07) is 6.78. The normalized spacial score (nSPS) is 19.6. The lowest BCUT2D eigenvalue weighted by molar-refractivity contribution is -0.127. The average Bonchev–Trinajstić information content (AvgIpc) is 2.47. The number of hydrogen-bond acceptors (Lipinski definition) is 3. The van der Waals surface area contributed by atoms with E-state index in [1.54, 1.807) is 19.2 Å². The predicted octanol–water partition coefficient (Wildman–Crippen LogP) is 1.49. The van der Waals surface area contributed by atoms with E-state index in [0.29, 0.717) is 6.54 Å². The molecule has 20 heavy (non-hydrogen) atoms. The summed E-state index contributed by atoms with van der Waals surface area (Å²) in [5.74, 6) is -0.857. The van der Waals surface area contributed by atoms with Crippen molar-refractivity contribution in [3.8, 4) is 0 Å². The van der Waals surface area contributed by atoms with Gasteiger partial charge in [0.25, 0.3) is 0 Å². The fraction of sp³-hybridized carbons (Fsp3) is 0.467. The van der Waals surface area contributed by atoms with Crippen LogP contribution in [0.1, 0.15) is 35.2 Å². The van der Waals surface area contributed by atoms with Crippen LogP contribution < -0.4 is 5.32 Å². The Morgan fingerprint density at radius 3 is 2.60 bits per heavy atom. The first kappa shape index (κ1) is 14.5. The van der Waals surface area contributed by atoms with E-state index in [1.807, 2.05) is 12.1 Å². The quantitative estimate of drug-likeness (QED) is 0.874. The van der Waals surface area contributed by atoms with Crippen molar-refractivity contribution in [3.05, 3.63) is 35.4 Å². The first-order chi connectivity index (χ1) is 9.61. The summed E-state index contributed by atoms with van der Waals surface area (Å²) in [5.41, 5.74) is 1.32. The standard InChI is InChI=1S/C15H20N2O3/c1-16-14(18)13-4-2-3-9-17(13)10-11-5-7-12(8-6-11)15(19)20/h5-8,13H,2-4,9-10H2,1H3,(H,16,18)(H,19,20). The van der Waals surface area contributed by atoms with Gasteiger partial charge in [0.15, 0.2) is 0 Å². The van der Waals surface area contributed by atoms with Crippen molar-refractivity contribution < 1.29 is 14.7 Å². The van der Waals surface area contributed by atoms with E-state index < -0.39 is 5.97 Å². The molecule has 0 aliphatic carbocycles. The van der Waals surface area contributed by atoms with Crippen molar-refractivity contribution in [1.29, 1.82) is 0 Å². The molecule has 5 nitrogen and oxygen atoms in total. The number of nitrogens with one attached hydrogen (secondary N) is 1. The van der Waals surface area contributed by atoms with E-state index in [-0.39, 0.29) is 17.5 Å². The topological polar surface area (TPSA) is 69.6 Å². The maximum atomic E-state index is 11.9. The van der Waals surface area contributed by atoms with Crippen LogP contribution in [-0.2, 0) is 11.3 Å². The van der Waals surface area contributed by atoms with Gasteiger partial charge in [-0.2, -0.15) is 0 Å². The number of carboxylic acids is 1. The van der Waals surface area contributed by atoms with E-state index >= 15 is 0 Å². The van der Waals surface area contributed by atoms with Crippen molar-refractivity contribution in [2.45, 2.75) is 31.8 Å². The molecule has 1 aliphatic heterocycles. The zero-order valence-corrected chi connectivity index (χ0v) is 11.6. The lowest BCUT2D eigenvalue weighted by Crippen LogP contribution is -2.48. The highest BCUT2D eigenvalue weighted by Gasteiger charge is 2.27. The first-order valence-corrected chi connectivity index (χ1v) is 6.89. The van der Waals surface area contributed by atoms with Gasteiger partial charge in [-0.25, -0.2) is 4.79 Å². The molecule has 108 valence electrons. The van der Waals surface area contributed by atoms with Crippen LogP contribution in [0.4, 0.5) is 0 Å². The molecule has 0 bridgehead atoms. The Kier molecular flexibility index (Phi) is 4.74. The number of likely N-dealkylation sites (N-methyl/N-ethyl adjacent to an activating group) is 1. The highest BCUT2D eigenvalue weighted by Crippen LogP contribution is 2.20. The first-order valence-electron chi connectivity index (χ1n) is 6.89. The van der Waals surface area contributed by atoms with Gasteiger partial charge < -0.3 is 10.4 Å². The van der Waals surface area contributed by atoms with Crippen LogP contribution in [0.3, 0.4) is 0 Å². The van der Waals surface area contributed by atoms with Gasteiger partial charge in [-0.05, 0) is 37.1 Å². The molecule has 1 atom stereocenters. The number of carboxylic acid groups (broad SMARTS) is 1. The van der Waals surface area contributed by atoms with Crippen molar-refractivity contribution in [2.75, 3.05) is 13.6 Å². The molecule has 5 heteroatoms. The van der Waals surface area contributed by atoms with Crippen LogP contribution in [-0.4, -0.2) is 41.5 Å². The molecular weight excluding hydrogens is 256 g/mol. The third kappa shape index (κ3) is 3.36. The molecule has 2 rings (SSSR count). The average molecular weight is 276 g/mol. The molecule has 1 aliphatic rings. The largest absolute Gasteiger partial charge is 0.478 e. The number of carbonyl (C=O) groups excluding carboxylic acids is 1. The van der Waals surface area contributed by atoms with Crippen LogP contribution in [0.15, 0.2) is 24.3 Å². The molecule has 0 radical (unpaired) electrons. The summed E-state index contributed by atoms with van der Waals surface area (Å²) in [7, 11) is 1.66. The molecule has 1 fully saturated rings. The van der Waals surface area contributed by atoms with Gasteiger partial charge in [-0.3, -0.25) is 9.69 Å². The fourth-order valence-corrected chi connectivity index (χ4v) is 2.63. The molecular formula is C15H20N2O3. The Morgan fingerprint density at radius 1 is 1.30 bits per heavy atom. The summed E-state index contributed by atoms with van der Waals surface area (Å²) in [4.78, 5) is 24.9. The summed E-state index contributed by atoms with van der Waals surface area (Å²) in [6.07, 6.45) is 3.06. The molecule has 0 aromatic heterocycles. The Hall–Kier alpha value is -1.88. The number of amides is 1. The smallest absolute Gasteiger partial charge is 0.335 e. The van der Waals surface area contributed by atoms with Crippen LogP contribution >= 0.6 is 0 Å². The molecule has 1 unspecified atom stereocenters. The second-order valence-corrected chi connectivity index (χ2v) is 5.10. The van der Waals surface area contributed by atoms with Gasteiger partial charge in [0.2, 0.25) is 5.91 Å². The van der Waals surface area contributed by atoms with Crippen molar-refractivity contribution in [2.24, 2.45) is 0 Å². The molecule has 1 heterocycles. The number of likely N-dealkylation sites (tertiary alicyclic amines) is 1. The van der Waals surface area contributed by atoms with E-state index in [9.17, 15) is 9.59 Å². The third-order valence-corrected chi connectivity index (χ3v) is 3.75. The van der Waals surface area contributed by atoms with Crippen LogP contribution in [0.2, 0.25) is 0 Å². The van der Waals surface area contributed by atoms with Crippen LogP contribution in [0.5, 0.6) is 0 Å². The Morgan fingerprint density at radius 2 is 2.00 bits per heavy atom. The number of piperidine rings is 1.